The molecule has 2 aromatic rings. The minimum Gasteiger partial charge on any atom is -0.494 e. The van der Waals surface area contributed by atoms with Gasteiger partial charge in [-0.1, -0.05) is 23.9 Å². The molecular weight excluding hydrogens is 257 g/mol. The average Bonchev–Trinajstić information content (AvgIpc) is 2.85. The fraction of sp³-hybridized carbons (Fsp3) is 0.273. The summed E-state index contributed by atoms with van der Waals surface area (Å²) in [5.41, 5.74) is 5.87. The van der Waals surface area contributed by atoms with Crippen LogP contribution in [-0.2, 0) is 12.3 Å². The highest BCUT2D eigenvalue weighted by Gasteiger charge is 2.11. The van der Waals surface area contributed by atoms with Crippen molar-refractivity contribution in [1.82, 2.24) is 10.2 Å². The van der Waals surface area contributed by atoms with Crippen molar-refractivity contribution in [1.29, 1.82) is 0 Å². The van der Waals surface area contributed by atoms with Crippen LogP contribution in [0.4, 0.5) is 4.39 Å². The summed E-state index contributed by atoms with van der Waals surface area (Å²) in [6, 6.07) is 4.99. The second-order valence-electron chi connectivity index (χ2n) is 3.39. The summed E-state index contributed by atoms with van der Waals surface area (Å²) in [7, 11) is 1.43. The molecule has 1 heterocycles. The first kappa shape index (κ1) is 12.8. The van der Waals surface area contributed by atoms with Crippen molar-refractivity contribution in [3.63, 3.8) is 0 Å². The molecule has 0 aliphatic carbocycles. The van der Waals surface area contributed by atoms with Gasteiger partial charge in [0.1, 0.15) is 0 Å². The highest BCUT2D eigenvalue weighted by atomic mass is 32.2. The van der Waals surface area contributed by atoms with Gasteiger partial charge in [-0.3, -0.25) is 0 Å². The van der Waals surface area contributed by atoms with Gasteiger partial charge >= 0.3 is 0 Å². The van der Waals surface area contributed by atoms with Gasteiger partial charge in [0.05, 0.1) is 13.7 Å². The first-order valence-corrected chi connectivity index (χ1v) is 6.19. The van der Waals surface area contributed by atoms with E-state index in [1.807, 2.05) is 0 Å². The molecule has 0 amide bonds. The van der Waals surface area contributed by atoms with Crippen LogP contribution in [0.2, 0.25) is 0 Å². The van der Waals surface area contributed by atoms with E-state index in [4.69, 9.17) is 14.9 Å². The first-order valence-electron chi connectivity index (χ1n) is 5.21. The Morgan fingerprint density at radius 3 is 2.94 bits per heavy atom. The van der Waals surface area contributed by atoms with Crippen LogP contribution in [0.1, 0.15) is 11.5 Å². The lowest BCUT2D eigenvalue weighted by molar-refractivity contribution is 0.385. The molecule has 0 saturated heterocycles. The topological polar surface area (TPSA) is 74.2 Å². The third-order valence-electron chi connectivity index (χ3n) is 2.24. The van der Waals surface area contributed by atoms with E-state index >= 15 is 0 Å². The number of halogens is 1. The summed E-state index contributed by atoms with van der Waals surface area (Å²) in [4.78, 5) is 0. The molecule has 96 valence electrons. The van der Waals surface area contributed by atoms with Crippen LogP contribution in [0.5, 0.6) is 5.75 Å². The third kappa shape index (κ3) is 2.80. The van der Waals surface area contributed by atoms with Gasteiger partial charge in [0, 0.05) is 11.3 Å². The van der Waals surface area contributed by atoms with Crippen LogP contribution >= 0.6 is 11.8 Å². The summed E-state index contributed by atoms with van der Waals surface area (Å²) in [5.74, 6) is 0.603. The summed E-state index contributed by atoms with van der Waals surface area (Å²) in [5, 5.41) is 7.88. The Morgan fingerprint density at radius 2 is 2.28 bits per heavy atom. The molecule has 2 rings (SSSR count). The van der Waals surface area contributed by atoms with Gasteiger partial charge in [0.15, 0.2) is 11.6 Å². The molecular formula is C11H12FN3O2S. The molecule has 1 aromatic carbocycles. The number of thioether (sulfide) groups is 1. The third-order valence-corrected chi connectivity index (χ3v) is 3.10. The second-order valence-corrected chi connectivity index (χ2v) is 4.31. The fourth-order valence-corrected chi connectivity index (χ4v) is 2.10. The van der Waals surface area contributed by atoms with E-state index in [2.05, 4.69) is 10.2 Å². The van der Waals surface area contributed by atoms with Crippen LogP contribution in [0.15, 0.2) is 27.8 Å². The number of hydrogen-bond acceptors (Lipinski definition) is 6. The van der Waals surface area contributed by atoms with Crippen LogP contribution in [0.3, 0.4) is 0 Å². The number of aromatic nitrogens is 2. The van der Waals surface area contributed by atoms with Crippen molar-refractivity contribution in [2.75, 3.05) is 7.11 Å². The predicted molar refractivity (Wildman–Crippen MR) is 64.7 cm³/mol. The molecule has 7 heteroatoms. The number of benzene rings is 1. The van der Waals surface area contributed by atoms with E-state index in [1.165, 1.54) is 18.9 Å². The smallest absolute Gasteiger partial charge is 0.276 e. The second kappa shape index (κ2) is 5.83. The van der Waals surface area contributed by atoms with Crippen LogP contribution < -0.4 is 10.5 Å². The zero-order valence-corrected chi connectivity index (χ0v) is 10.5. The first-order chi connectivity index (χ1) is 8.74. The van der Waals surface area contributed by atoms with Crippen LogP contribution in [-0.4, -0.2) is 17.3 Å². The summed E-state index contributed by atoms with van der Waals surface area (Å²) in [6.45, 7) is 0.196. The zero-order chi connectivity index (χ0) is 13.0. The fourth-order valence-electron chi connectivity index (χ4n) is 1.34. The van der Waals surface area contributed by atoms with Crippen LogP contribution in [0.25, 0.3) is 0 Å². The zero-order valence-electron chi connectivity index (χ0n) is 9.72. The van der Waals surface area contributed by atoms with Gasteiger partial charge in [-0.15, -0.1) is 10.2 Å². The van der Waals surface area contributed by atoms with E-state index in [1.54, 1.807) is 18.2 Å². The Hall–Kier alpha value is -1.60. The van der Waals surface area contributed by atoms with Crippen molar-refractivity contribution in [3.8, 4) is 5.75 Å². The summed E-state index contributed by atoms with van der Waals surface area (Å²) >= 11 is 1.25. The Balaban J connectivity index is 2.06. The van der Waals surface area contributed by atoms with Gasteiger partial charge < -0.3 is 14.9 Å². The lowest BCUT2D eigenvalue weighted by Crippen LogP contribution is -1.95. The number of rotatable bonds is 5. The maximum absolute atomic E-state index is 13.8. The molecule has 0 atom stereocenters. The van der Waals surface area contributed by atoms with E-state index in [0.717, 1.165) is 0 Å². The van der Waals surface area contributed by atoms with Gasteiger partial charge in [-0.25, -0.2) is 4.39 Å². The number of hydrogen-bond donors (Lipinski definition) is 1. The Kier molecular flexibility index (Phi) is 4.16. The van der Waals surface area contributed by atoms with E-state index in [0.29, 0.717) is 22.4 Å². The molecule has 2 N–H and O–H groups in total. The van der Waals surface area contributed by atoms with Crippen molar-refractivity contribution < 1.29 is 13.5 Å². The number of ether oxygens (including phenoxy) is 1. The highest BCUT2D eigenvalue weighted by molar-refractivity contribution is 7.98. The van der Waals surface area contributed by atoms with Crippen molar-refractivity contribution in [2.24, 2.45) is 5.73 Å². The van der Waals surface area contributed by atoms with Gasteiger partial charge in [-0.2, -0.15) is 0 Å². The molecule has 0 aliphatic heterocycles. The maximum atomic E-state index is 13.8. The quantitative estimate of drug-likeness (QED) is 0.836. The van der Waals surface area contributed by atoms with Crippen molar-refractivity contribution >= 4 is 11.8 Å². The van der Waals surface area contributed by atoms with Gasteiger partial charge in [-0.05, 0) is 6.07 Å². The minimum atomic E-state index is -0.369. The largest absolute Gasteiger partial charge is 0.494 e. The molecule has 0 aliphatic rings. The molecule has 0 fully saturated rings. The predicted octanol–water partition coefficient (Wildman–Crippen LogP) is 1.97. The average molecular weight is 269 g/mol. The standard InChI is InChI=1S/C11H12FN3O2S/c1-16-8-4-2-3-7(10(8)12)6-18-11-15-14-9(5-13)17-11/h2-4H,5-6,13H2,1H3. The summed E-state index contributed by atoms with van der Waals surface area (Å²) in [6.07, 6.45) is 0. The van der Waals surface area contributed by atoms with E-state index < -0.39 is 0 Å². The molecule has 5 nitrogen and oxygen atoms in total. The molecule has 1 aromatic heterocycles. The lowest BCUT2D eigenvalue weighted by atomic mass is 10.2. The molecule has 0 bridgehead atoms. The maximum Gasteiger partial charge on any atom is 0.276 e. The Morgan fingerprint density at radius 1 is 1.44 bits per heavy atom. The molecule has 0 unspecified atom stereocenters. The highest BCUT2D eigenvalue weighted by Crippen LogP contribution is 2.26. The van der Waals surface area contributed by atoms with E-state index in [9.17, 15) is 4.39 Å². The lowest BCUT2D eigenvalue weighted by Gasteiger charge is -2.05. The molecule has 0 saturated carbocycles. The number of nitrogens with zero attached hydrogens (tertiary/aromatic N) is 2. The molecule has 0 spiro atoms. The number of methoxy groups -OCH3 is 1. The Bertz CT molecular complexity index is 533. The van der Waals surface area contributed by atoms with Crippen molar-refractivity contribution in [2.45, 2.75) is 17.5 Å². The monoisotopic (exact) mass is 269 g/mol. The Labute approximate surface area is 108 Å². The normalized spacial score (nSPS) is 10.6. The summed E-state index contributed by atoms with van der Waals surface area (Å²) < 4.78 is 23.9. The molecule has 18 heavy (non-hydrogen) atoms. The van der Waals surface area contributed by atoms with Crippen LogP contribution in [0, 0.1) is 5.82 Å². The van der Waals surface area contributed by atoms with Gasteiger partial charge in [0.25, 0.3) is 5.22 Å². The number of nitrogens with two attached hydrogens (primary N) is 1. The minimum absolute atomic E-state index is 0.196. The van der Waals surface area contributed by atoms with E-state index in [-0.39, 0.29) is 18.1 Å². The van der Waals surface area contributed by atoms with Crippen molar-refractivity contribution in [3.05, 3.63) is 35.5 Å². The SMILES string of the molecule is COc1cccc(CSc2nnc(CN)o2)c1F. The molecule has 0 radical (unpaired) electrons. The van der Waals surface area contributed by atoms with Gasteiger partial charge in [0.2, 0.25) is 5.89 Å².